The molecule has 6 rings (SSSR count). The fraction of sp³-hybridized carbons (Fsp3) is 0.455. The minimum absolute atomic E-state index is 0.154. The molecule has 0 radical (unpaired) electrons. The first kappa shape index (κ1) is 31.1. The Morgan fingerprint density at radius 1 is 1.02 bits per heavy atom. The number of benzene rings is 2. The molecule has 0 bridgehead atoms. The Labute approximate surface area is 268 Å². The van der Waals surface area contributed by atoms with E-state index in [-0.39, 0.29) is 28.4 Å². The lowest BCUT2D eigenvalue weighted by atomic mass is 9.87. The monoisotopic (exact) mass is 633 g/mol. The number of ether oxygens (including phenoxy) is 1. The quantitative estimate of drug-likeness (QED) is 0.362. The van der Waals surface area contributed by atoms with Crippen LogP contribution in [0.4, 0.5) is 11.4 Å². The summed E-state index contributed by atoms with van der Waals surface area (Å²) in [6.07, 6.45) is 2.62. The number of likely N-dealkylation sites (tertiary alicyclic amines) is 1. The maximum atomic E-state index is 12.2. The number of piperazine rings is 1. The van der Waals surface area contributed by atoms with Crippen molar-refractivity contribution in [3.05, 3.63) is 81.2 Å². The summed E-state index contributed by atoms with van der Waals surface area (Å²) in [5, 5.41) is 10.1. The van der Waals surface area contributed by atoms with E-state index in [1.165, 1.54) is 15.8 Å². The molecule has 1 aromatic heterocycles. The second-order valence-corrected chi connectivity index (χ2v) is 12.7. The highest BCUT2D eigenvalue weighted by Crippen LogP contribution is 2.30. The zero-order valence-electron chi connectivity index (χ0n) is 25.7. The highest BCUT2D eigenvalue weighted by atomic mass is 35.5. The molecule has 3 aliphatic heterocycles. The first-order valence-corrected chi connectivity index (χ1v) is 15.9. The first-order chi connectivity index (χ1) is 21.7. The second-order valence-electron chi connectivity index (χ2n) is 12.4. The van der Waals surface area contributed by atoms with Crippen LogP contribution in [-0.2, 0) is 23.2 Å². The average Bonchev–Trinajstić information content (AvgIpc) is 3.03. The summed E-state index contributed by atoms with van der Waals surface area (Å²) in [5.74, 6) is 0.394. The minimum Gasteiger partial charge on any atom is -0.481 e. The Balaban J connectivity index is 1.00. The Morgan fingerprint density at radius 3 is 2.56 bits per heavy atom. The Kier molecular flexibility index (Phi) is 9.39. The van der Waals surface area contributed by atoms with Crippen molar-refractivity contribution in [2.75, 3.05) is 56.5 Å². The number of rotatable bonds is 8. The van der Waals surface area contributed by atoms with Crippen molar-refractivity contribution in [2.45, 2.75) is 43.9 Å². The summed E-state index contributed by atoms with van der Waals surface area (Å²) in [7, 11) is 3.72. The molecule has 11 nitrogen and oxygen atoms in total. The molecule has 3 saturated heterocycles. The second kappa shape index (κ2) is 13.6. The Hall–Kier alpha value is -3.93. The van der Waals surface area contributed by atoms with Crippen molar-refractivity contribution in [3.8, 4) is 5.75 Å². The zero-order valence-corrected chi connectivity index (χ0v) is 26.5. The number of piperidine rings is 2. The smallest absolute Gasteiger partial charge is 0.287 e. The molecule has 2 N–H and O–H groups in total. The summed E-state index contributed by atoms with van der Waals surface area (Å²) in [6.45, 7) is 6.42. The number of likely N-dealkylation sites (N-methyl/N-ethyl adjacent to an activating group) is 1. The summed E-state index contributed by atoms with van der Waals surface area (Å²) in [4.78, 5) is 42.9. The number of halogens is 1. The van der Waals surface area contributed by atoms with Crippen molar-refractivity contribution >= 4 is 34.8 Å². The van der Waals surface area contributed by atoms with E-state index in [9.17, 15) is 14.4 Å². The number of aromatic nitrogens is 2. The van der Waals surface area contributed by atoms with Crippen LogP contribution >= 0.6 is 11.6 Å². The molecule has 12 heteroatoms. The lowest BCUT2D eigenvalue weighted by molar-refractivity contribution is -0.138. The molecule has 4 heterocycles. The van der Waals surface area contributed by atoms with Gasteiger partial charge in [0.1, 0.15) is 10.8 Å². The van der Waals surface area contributed by atoms with E-state index >= 15 is 0 Å². The third-order valence-corrected chi connectivity index (χ3v) is 9.32. The van der Waals surface area contributed by atoms with Crippen molar-refractivity contribution in [1.82, 2.24) is 24.9 Å². The molecule has 1 unspecified atom stereocenters. The molecule has 0 aliphatic carbocycles. The zero-order chi connectivity index (χ0) is 31.5. The third kappa shape index (κ3) is 7.49. The van der Waals surface area contributed by atoms with Gasteiger partial charge in [0.15, 0.2) is 6.10 Å². The van der Waals surface area contributed by atoms with E-state index in [2.05, 4.69) is 67.8 Å². The fourth-order valence-corrected chi connectivity index (χ4v) is 6.74. The van der Waals surface area contributed by atoms with Crippen LogP contribution in [0.3, 0.4) is 0 Å². The molecule has 2 amide bonds. The standard InChI is InChI=1S/C33H40ClN7O4/c1-38-20-24(16-25(21-38)36-28-18-35-39(2)33(44)31(28)34)23-8-6-22(7-9-23)19-40-12-14-41(15-13-40)26-4-3-5-27(17-26)45-29-10-11-30(42)37-32(29)43/h3-9,17-18,24-25,29,36H,10-16,19-21H2,1-2H3,(H,37,42,43)/t24-,25+,29?/m1/s1. The number of amides is 2. The number of carbonyl (C=O) groups excluding carboxylic acids is 2. The number of nitrogens with one attached hydrogen (secondary N) is 2. The van der Waals surface area contributed by atoms with E-state index in [1.54, 1.807) is 13.2 Å². The number of carbonyl (C=O) groups is 2. The molecule has 45 heavy (non-hydrogen) atoms. The normalized spacial score (nSPS) is 23.1. The number of nitrogens with zero attached hydrogens (tertiary/aromatic N) is 5. The highest BCUT2D eigenvalue weighted by molar-refractivity contribution is 6.32. The van der Waals surface area contributed by atoms with Gasteiger partial charge in [-0.1, -0.05) is 41.9 Å². The summed E-state index contributed by atoms with van der Waals surface area (Å²) >= 11 is 6.31. The van der Waals surface area contributed by atoms with Crippen LogP contribution < -0.4 is 25.8 Å². The van der Waals surface area contributed by atoms with Crippen molar-refractivity contribution in [1.29, 1.82) is 0 Å². The van der Waals surface area contributed by atoms with E-state index < -0.39 is 6.10 Å². The number of hydrogen-bond acceptors (Lipinski definition) is 9. The van der Waals surface area contributed by atoms with E-state index in [1.807, 2.05) is 18.2 Å². The number of aryl methyl sites for hydroxylation is 1. The van der Waals surface area contributed by atoms with Gasteiger partial charge in [-0.2, -0.15) is 5.10 Å². The van der Waals surface area contributed by atoms with E-state index in [0.717, 1.165) is 57.9 Å². The summed E-state index contributed by atoms with van der Waals surface area (Å²) in [6, 6.07) is 17.0. The Bertz CT molecular complexity index is 1590. The van der Waals surface area contributed by atoms with Gasteiger partial charge in [-0.05, 0) is 42.6 Å². The molecular weight excluding hydrogens is 594 g/mol. The van der Waals surface area contributed by atoms with Gasteiger partial charge in [0.2, 0.25) is 5.91 Å². The van der Waals surface area contributed by atoms with Crippen molar-refractivity contribution < 1.29 is 14.3 Å². The van der Waals surface area contributed by atoms with Crippen LogP contribution in [0.5, 0.6) is 5.75 Å². The fourth-order valence-electron chi connectivity index (χ4n) is 6.52. The number of anilines is 2. The van der Waals surface area contributed by atoms with Crippen LogP contribution in [0, 0.1) is 0 Å². The molecule has 3 atom stereocenters. The molecule has 2 aromatic carbocycles. The third-order valence-electron chi connectivity index (χ3n) is 8.95. The van der Waals surface area contributed by atoms with Crippen molar-refractivity contribution in [3.63, 3.8) is 0 Å². The van der Waals surface area contributed by atoms with Crippen LogP contribution in [-0.4, -0.2) is 89.9 Å². The van der Waals surface area contributed by atoms with Gasteiger partial charge in [0.25, 0.3) is 11.5 Å². The van der Waals surface area contributed by atoms with Gasteiger partial charge in [-0.3, -0.25) is 24.6 Å². The van der Waals surface area contributed by atoms with E-state index in [0.29, 0.717) is 30.2 Å². The first-order valence-electron chi connectivity index (χ1n) is 15.6. The van der Waals surface area contributed by atoms with E-state index in [4.69, 9.17) is 16.3 Å². The lowest BCUT2D eigenvalue weighted by Gasteiger charge is -2.37. The predicted octanol–water partition coefficient (Wildman–Crippen LogP) is 2.84. The molecule has 0 spiro atoms. The molecule has 3 fully saturated rings. The van der Waals surface area contributed by atoms with Crippen LogP contribution in [0.15, 0.2) is 59.5 Å². The average molecular weight is 634 g/mol. The molecule has 3 aliphatic rings. The van der Waals surface area contributed by atoms with Gasteiger partial charge in [-0.25, -0.2) is 4.68 Å². The van der Waals surface area contributed by atoms with Crippen LogP contribution in [0.2, 0.25) is 5.02 Å². The number of imide groups is 1. The van der Waals surface area contributed by atoms with Gasteiger partial charge in [-0.15, -0.1) is 0 Å². The van der Waals surface area contributed by atoms with Crippen LogP contribution in [0.1, 0.15) is 36.3 Å². The van der Waals surface area contributed by atoms with Gasteiger partial charge < -0.3 is 19.9 Å². The molecule has 238 valence electrons. The molecule has 3 aromatic rings. The summed E-state index contributed by atoms with van der Waals surface area (Å²) < 4.78 is 7.17. The summed E-state index contributed by atoms with van der Waals surface area (Å²) in [5.41, 5.74) is 3.97. The maximum Gasteiger partial charge on any atom is 0.287 e. The van der Waals surface area contributed by atoms with Gasteiger partial charge >= 0.3 is 0 Å². The Morgan fingerprint density at radius 2 is 1.80 bits per heavy atom. The van der Waals surface area contributed by atoms with Gasteiger partial charge in [0.05, 0.1) is 11.9 Å². The number of hydrogen-bond donors (Lipinski definition) is 2. The largest absolute Gasteiger partial charge is 0.481 e. The van der Waals surface area contributed by atoms with Gasteiger partial charge in [0, 0.05) is 83.5 Å². The maximum absolute atomic E-state index is 12.2. The topological polar surface area (TPSA) is 112 Å². The molecular formula is C33H40ClN7O4. The molecule has 0 saturated carbocycles. The minimum atomic E-state index is -0.638. The van der Waals surface area contributed by atoms with Crippen molar-refractivity contribution in [2.24, 2.45) is 7.05 Å². The highest BCUT2D eigenvalue weighted by Gasteiger charge is 2.29. The lowest BCUT2D eigenvalue weighted by Crippen LogP contribution is -2.46. The van der Waals surface area contributed by atoms with Crippen LogP contribution in [0.25, 0.3) is 0 Å². The predicted molar refractivity (Wildman–Crippen MR) is 174 cm³/mol. The SMILES string of the molecule is CN1C[C@@H](Nc2cnn(C)c(=O)c2Cl)C[C@@H](c2ccc(CN3CCN(c4cccc(OC5CCC(=O)NC5=O)c4)CC3)cc2)C1.